The fraction of sp³-hybridized carbons (Fsp3) is 0.462. The van der Waals surface area contributed by atoms with Gasteiger partial charge in [0.2, 0.25) is 0 Å². The molecule has 0 atom stereocenters. The lowest BCUT2D eigenvalue weighted by Gasteiger charge is -2.25. The smallest absolute Gasteiger partial charge is 0.125 e. The zero-order valence-corrected chi connectivity index (χ0v) is 13.3. The van der Waals surface area contributed by atoms with Crippen molar-refractivity contribution in [1.82, 2.24) is 9.55 Å². The molecule has 0 bridgehead atoms. The average molecular weight is 336 g/mol. The fourth-order valence-electron chi connectivity index (χ4n) is 2.59. The van der Waals surface area contributed by atoms with Crippen LogP contribution in [0.25, 0.3) is 11.0 Å². The van der Waals surface area contributed by atoms with Gasteiger partial charge in [-0.3, -0.25) is 0 Å². The van der Waals surface area contributed by atoms with Crippen LogP contribution in [0.15, 0.2) is 12.1 Å². The number of imidazole rings is 1. The highest BCUT2D eigenvalue weighted by Gasteiger charge is 2.21. The molecule has 2 aromatic rings. The van der Waals surface area contributed by atoms with Gasteiger partial charge >= 0.3 is 0 Å². The molecule has 0 radical (unpaired) electrons. The summed E-state index contributed by atoms with van der Waals surface area (Å²) in [5, 5.41) is 1.11. The number of rotatable bonds is 2. The van der Waals surface area contributed by atoms with Gasteiger partial charge < -0.3 is 4.57 Å². The van der Waals surface area contributed by atoms with Crippen LogP contribution in [0.2, 0.25) is 10.0 Å². The third-order valence-corrected chi connectivity index (χ3v) is 5.49. The van der Waals surface area contributed by atoms with Crippen LogP contribution in [0.5, 0.6) is 0 Å². The lowest BCUT2D eigenvalue weighted by Crippen LogP contribution is -2.17. The molecular formula is C13H13Cl3N2S. The van der Waals surface area contributed by atoms with Crippen LogP contribution in [0.1, 0.15) is 24.7 Å². The maximum atomic E-state index is 6.14. The molecule has 0 spiro atoms. The quantitative estimate of drug-likeness (QED) is 0.706. The van der Waals surface area contributed by atoms with Crippen molar-refractivity contribution in [2.45, 2.75) is 24.8 Å². The molecule has 0 N–H and O–H groups in total. The summed E-state index contributed by atoms with van der Waals surface area (Å²) in [6, 6.07) is 4.20. The van der Waals surface area contributed by atoms with Crippen LogP contribution < -0.4 is 0 Å². The van der Waals surface area contributed by atoms with Crippen molar-refractivity contribution in [3.05, 3.63) is 28.0 Å². The number of hydrogen-bond donors (Lipinski definition) is 0. The van der Waals surface area contributed by atoms with Crippen molar-refractivity contribution in [2.75, 3.05) is 11.5 Å². The Morgan fingerprint density at radius 1 is 1.21 bits per heavy atom. The molecule has 1 aliphatic rings. The molecule has 1 aliphatic heterocycles. The van der Waals surface area contributed by atoms with Gasteiger partial charge in [-0.05, 0) is 36.5 Å². The Morgan fingerprint density at radius 3 is 2.58 bits per heavy atom. The molecule has 1 aromatic heterocycles. The highest BCUT2D eigenvalue weighted by molar-refractivity contribution is 7.99. The van der Waals surface area contributed by atoms with Gasteiger partial charge in [-0.1, -0.05) is 23.2 Å². The van der Waals surface area contributed by atoms with Crippen LogP contribution in [0.3, 0.4) is 0 Å². The summed E-state index contributed by atoms with van der Waals surface area (Å²) < 4.78 is 2.25. The first-order valence-electron chi connectivity index (χ1n) is 6.20. The fourth-order valence-corrected chi connectivity index (χ4v) is 4.17. The maximum Gasteiger partial charge on any atom is 0.125 e. The molecule has 0 aliphatic carbocycles. The maximum absolute atomic E-state index is 6.14. The molecule has 1 saturated heterocycles. The number of hydrogen-bond acceptors (Lipinski definition) is 2. The lowest BCUT2D eigenvalue weighted by molar-refractivity contribution is 0.470. The number of thioether (sulfide) groups is 1. The van der Waals surface area contributed by atoms with Crippen LogP contribution in [-0.4, -0.2) is 21.1 Å². The van der Waals surface area contributed by atoms with Crippen LogP contribution in [0.4, 0.5) is 0 Å². The van der Waals surface area contributed by atoms with Gasteiger partial charge in [0.1, 0.15) is 5.82 Å². The summed E-state index contributed by atoms with van der Waals surface area (Å²) in [5.41, 5.74) is 1.92. The van der Waals surface area contributed by atoms with Crippen molar-refractivity contribution in [3.8, 4) is 0 Å². The standard InChI is InChI=1S/C13H13Cl3N2S/c14-7-13-17-11-5-9(15)10(16)6-12(11)18(13)8-1-3-19-4-2-8/h5-6,8H,1-4,7H2. The molecule has 2 nitrogen and oxygen atoms in total. The molecule has 19 heavy (non-hydrogen) atoms. The Balaban J connectivity index is 2.16. The molecule has 1 aromatic carbocycles. The predicted molar refractivity (Wildman–Crippen MR) is 84.9 cm³/mol. The number of benzene rings is 1. The van der Waals surface area contributed by atoms with E-state index in [0.29, 0.717) is 22.0 Å². The summed E-state index contributed by atoms with van der Waals surface area (Å²) in [5.74, 6) is 3.70. The highest BCUT2D eigenvalue weighted by Crippen LogP contribution is 2.35. The van der Waals surface area contributed by atoms with E-state index in [1.807, 2.05) is 23.9 Å². The van der Waals surface area contributed by atoms with E-state index in [9.17, 15) is 0 Å². The zero-order valence-electron chi connectivity index (χ0n) is 10.2. The van der Waals surface area contributed by atoms with Crippen LogP contribution in [0, 0.1) is 0 Å². The zero-order chi connectivity index (χ0) is 13.4. The number of halogens is 3. The Morgan fingerprint density at radius 2 is 1.89 bits per heavy atom. The van der Waals surface area contributed by atoms with Crippen LogP contribution >= 0.6 is 46.6 Å². The van der Waals surface area contributed by atoms with E-state index in [0.717, 1.165) is 29.7 Å². The molecule has 0 unspecified atom stereocenters. The second-order valence-corrected chi connectivity index (χ2v) is 6.94. The summed E-state index contributed by atoms with van der Waals surface area (Å²) in [4.78, 5) is 4.59. The monoisotopic (exact) mass is 334 g/mol. The van der Waals surface area contributed by atoms with E-state index in [4.69, 9.17) is 34.8 Å². The van der Waals surface area contributed by atoms with Gasteiger partial charge in [-0.15, -0.1) is 11.6 Å². The minimum absolute atomic E-state index is 0.410. The Kier molecular flexibility index (Phi) is 4.18. The number of aromatic nitrogens is 2. The normalized spacial score (nSPS) is 17.2. The second kappa shape index (κ2) is 5.72. The molecule has 1 fully saturated rings. The lowest BCUT2D eigenvalue weighted by atomic mass is 10.1. The Hall–Kier alpha value is -0.0900. The molecule has 0 amide bonds. The first kappa shape index (κ1) is 13.9. The first-order valence-corrected chi connectivity index (χ1v) is 8.65. The minimum Gasteiger partial charge on any atom is -0.324 e. The molecule has 6 heteroatoms. The molecule has 3 rings (SSSR count). The van der Waals surface area contributed by atoms with E-state index in [-0.39, 0.29) is 0 Å². The van der Waals surface area contributed by atoms with E-state index in [2.05, 4.69) is 9.55 Å². The van der Waals surface area contributed by atoms with E-state index < -0.39 is 0 Å². The largest absolute Gasteiger partial charge is 0.324 e. The third kappa shape index (κ3) is 2.58. The topological polar surface area (TPSA) is 17.8 Å². The van der Waals surface area contributed by atoms with Crippen molar-refractivity contribution < 1.29 is 0 Å². The average Bonchev–Trinajstić information content (AvgIpc) is 2.78. The first-order chi connectivity index (χ1) is 9.20. The minimum atomic E-state index is 0.410. The summed E-state index contributed by atoms with van der Waals surface area (Å²) in [6.45, 7) is 0. The second-order valence-electron chi connectivity index (χ2n) is 4.63. The van der Waals surface area contributed by atoms with Crippen molar-refractivity contribution in [2.24, 2.45) is 0 Å². The molecule has 2 heterocycles. The molecular weight excluding hydrogens is 323 g/mol. The van der Waals surface area contributed by atoms with E-state index in [1.54, 1.807) is 0 Å². The molecule has 102 valence electrons. The van der Waals surface area contributed by atoms with E-state index in [1.165, 1.54) is 11.5 Å². The Bertz CT molecular complexity index is 605. The van der Waals surface area contributed by atoms with Gasteiger partial charge in [0.25, 0.3) is 0 Å². The third-order valence-electron chi connectivity index (χ3n) is 3.48. The van der Waals surface area contributed by atoms with E-state index >= 15 is 0 Å². The van der Waals surface area contributed by atoms with Gasteiger partial charge in [0, 0.05) is 6.04 Å². The van der Waals surface area contributed by atoms with Crippen molar-refractivity contribution in [3.63, 3.8) is 0 Å². The van der Waals surface area contributed by atoms with Gasteiger partial charge in [-0.2, -0.15) is 11.8 Å². The number of alkyl halides is 1. The number of nitrogens with zero attached hydrogens (tertiary/aromatic N) is 2. The van der Waals surface area contributed by atoms with Crippen LogP contribution in [-0.2, 0) is 5.88 Å². The van der Waals surface area contributed by atoms with Gasteiger partial charge in [0.15, 0.2) is 0 Å². The van der Waals surface area contributed by atoms with Crippen molar-refractivity contribution >= 4 is 57.6 Å². The van der Waals surface area contributed by atoms with Gasteiger partial charge in [-0.25, -0.2) is 4.98 Å². The predicted octanol–water partition coefficient (Wildman–Crippen LogP) is 5.15. The molecule has 0 saturated carbocycles. The highest BCUT2D eigenvalue weighted by atomic mass is 35.5. The summed E-state index contributed by atoms with van der Waals surface area (Å²) in [6.07, 6.45) is 2.31. The van der Waals surface area contributed by atoms with Gasteiger partial charge in [0.05, 0.1) is 27.0 Å². The number of fused-ring (bicyclic) bond motifs is 1. The summed E-state index contributed by atoms with van der Waals surface area (Å²) >= 11 is 20.3. The van der Waals surface area contributed by atoms with Crippen molar-refractivity contribution in [1.29, 1.82) is 0 Å². The Labute approximate surface area is 131 Å². The SMILES string of the molecule is ClCc1nc2cc(Cl)c(Cl)cc2n1C1CCSCC1. The summed E-state index contributed by atoms with van der Waals surface area (Å²) in [7, 11) is 0.